The third-order valence-electron chi connectivity index (χ3n) is 7.53. The van der Waals surface area contributed by atoms with Gasteiger partial charge in [0.05, 0.1) is 25.7 Å². The fourth-order valence-electron chi connectivity index (χ4n) is 5.50. The first kappa shape index (κ1) is 29.8. The van der Waals surface area contributed by atoms with Crippen molar-refractivity contribution in [3.63, 3.8) is 0 Å². The van der Waals surface area contributed by atoms with Crippen LogP contribution in [0.1, 0.15) is 32.7 Å². The maximum absolute atomic E-state index is 13.8. The van der Waals surface area contributed by atoms with E-state index in [-0.39, 0.29) is 26.9 Å². The molecule has 0 atom stereocenters. The first-order valence-electron chi connectivity index (χ1n) is 13.6. The minimum atomic E-state index is -4.20. The monoisotopic (exact) mass is 691 g/mol. The van der Waals surface area contributed by atoms with Gasteiger partial charge >= 0.3 is 0 Å². The number of carbonyl (C=O) groups excluding carboxylic acids is 1. The average molecular weight is 693 g/mol. The summed E-state index contributed by atoms with van der Waals surface area (Å²) >= 11 is 3.56. The second kappa shape index (κ2) is 11.3. The smallest absolute Gasteiger partial charge is 0.282 e. The average Bonchev–Trinajstić information content (AvgIpc) is 3.28. The summed E-state index contributed by atoms with van der Waals surface area (Å²) in [4.78, 5) is 29.5. The molecule has 5 aromatic rings. The number of nitrogens with zero attached hydrogens (tertiary/aromatic N) is 1. The number of aryl methyl sites for hydroxylation is 2. The van der Waals surface area contributed by atoms with Crippen molar-refractivity contribution in [2.75, 3.05) is 0 Å². The number of aromatic nitrogens is 2. The van der Waals surface area contributed by atoms with Crippen LogP contribution in [0.4, 0.5) is 0 Å². The maximum Gasteiger partial charge on any atom is 0.282 e. The lowest BCUT2D eigenvalue weighted by molar-refractivity contribution is 0.0972. The van der Waals surface area contributed by atoms with Crippen molar-refractivity contribution >= 4 is 41.7 Å². The molecule has 224 valence electrons. The minimum absolute atomic E-state index is 0.00565. The topological polar surface area (TPSA) is 135 Å². The molecule has 2 N–H and O–H groups in total. The number of H-pyrrole nitrogens is 1. The van der Waals surface area contributed by atoms with E-state index in [0.717, 1.165) is 11.1 Å². The highest BCUT2D eigenvalue weighted by atomic mass is 79.9. The van der Waals surface area contributed by atoms with Crippen LogP contribution in [-0.4, -0.2) is 32.3 Å². The Morgan fingerprint density at radius 1 is 0.886 bits per heavy atom. The molecule has 0 spiro atoms. The molecule has 0 radical (unpaired) electrons. The molecule has 1 aliphatic rings. The number of benzene rings is 3. The number of hydrogen-bond donors (Lipinski definition) is 2. The number of hydrogen-bond acceptors (Lipinski definition) is 6. The summed E-state index contributed by atoms with van der Waals surface area (Å²) in [6.07, 6.45) is 0.791. The third kappa shape index (κ3) is 5.33. The Kier molecular flexibility index (Phi) is 7.68. The number of nitrogens with one attached hydrogen (secondary N) is 2. The van der Waals surface area contributed by atoms with E-state index >= 15 is 0 Å². The second-order valence-corrected chi connectivity index (χ2v) is 14.9. The first-order valence-corrected chi connectivity index (χ1v) is 17.4. The van der Waals surface area contributed by atoms with Crippen LogP contribution in [-0.2, 0) is 39.2 Å². The number of amides is 1. The van der Waals surface area contributed by atoms with Crippen molar-refractivity contribution in [1.29, 1.82) is 0 Å². The van der Waals surface area contributed by atoms with Gasteiger partial charge in [-0.3, -0.25) is 9.59 Å². The predicted molar refractivity (Wildman–Crippen MR) is 169 cm³/mol. The lowest BCUT2D eigenvalue weighted by Gasteiger charge is -2.21. The molecule has 3 aromatic carbocycles. The van der Waals surface area contributed by atoms with Gasteiger partial charge in [0.1, 0.15) is 10.6 Å². The third-order valence-corrected chi connectivity index (χ3v) is 11.5. The van der Waals surface area contributed by atoms with E-state index in [4.69, 9.17) is 0 Å². The number of rotatable bonds is 7. The van der Waals surface area contributed by atoms with Gasteiger partial charge in [-0.25, -0.2) is 21.6 Å². The zero-order chi connectivity index (χ0) is 31.2. The molecule has 0 saturated carbocycles. The summed E-state index contributed by atoms with van der Waals surface area (Å²) in [5.41, 5.74) is 3.26. The number of halogens is 1. The number of carbonyl (C=O) groups is 1. The van der Waals surface area contributed by atoms with Crippen molar-refractivity contribution in [1.82, 2.24) is 14.3 Å². The standard InChI is InChI=1S/C32H26BrN3O6S2/c1-20-9-8-10-21(17-20)19-36-29-25(27(33)30(36)32(38)35-44(41,42)24-13-6-3-7-14-24)16-15-22-18-26(31(37)34-28(22)29)43(39,40)23-11-4-2-5-12-23/h2-14,17-18H,15-16,19H2,1H3,(H,34,37)(H,35,38). The predicted octanol–water partition coefficient (Wildman–Crippen LogP) is 5.01. The van der Waals surface area contributed by atoms with Gasteiger partial charge in [-0.05, 0) is 82.7 Å². The molecular formula is C32H26BrN3O6S2. The van der Waals surface area contributed by atoms with Crippen molar-refractivity contribution in [2.24, 2.45) is 0 Å². The Morgan fingerprint density at radius 3 is 2.20 bits per heavy atom. The number of pyridine rings is 1. The first-order chi connectivity index (χ1) is 21.0. The van der Waals surface area contributed by atoms with Crippen LogP contribution in [0.15, 0.2) is 115 Å². The number of fused-ring (bicyclic) bond motifs is 3. The van der Waals surface area contributed by atoms with Crippen molar-refractivity contribution in [3.8, 4) is 11.4 Å². The molecule has 0 saturated heterocycles. The van der Waals surface area contributed by atoms with E-state index in [9.17, 15) is 26.4 Å². The second-order valence-electron chi connectivity index (χ2n) is 10.5. The maximum atomic E-state index is 13.8. The van der Waals surface area contributed by atoms with Gasteiger partial charge in [0, 0.05) is 6.54 Å². The summed E-state index contributed by atoms with van der Waals surface area (Å²) in [7, 11) is -8.29. The van der Waals surface area contributed by atoms with E-state index in [1.807, 2.05) is 31.2 Å². The van der Waals surface area contributed by atoms with Crippen LogP contribution in [0.2, 0.25) is 0 Å². The molecule has 6 rings (SSSR count). The van der Waals surface area contributed by atoms with Gasteiger partial charge < -0.3 is 9.55 Å². The lowest BCUT2D eigenvalue weighted by Crippen LogP contribution is -2.32. The van der Waals surface area contributed by atoms with E-state index in [2.05, 4.69) is 25.6 Å². The fraction of sp³-hybridized carbons (Fsp3) is 0.125. The molecule has 2 heterocycles. The highest BCUT2D eigenvalue weighted by Crippen LogP contribution is 2.41. The Morgan fingerprint density at radius 2 is 1.55 bits per heavy atom. The number of aromatic amines is 1. The molecule has 44 heavy (non-hydrogen) atoms. The zero-order valence-corrected chi connectivity index (χ0v) is 26.6. The molecular weight excluding hydrogens is 666 g/mol. The fourth-order valence-corrected chi connectivity index (χ4v) is 8.62. The molecule has 0 fully saturated rings. The van der Waals surface area contributed by atoms with Crippen LogP contribution < -0.4 is 10.3 Å². The molecule has 1 amide bonds. The van der Waals surface area contributed by atoms with Crippen molar-refractivity contribution in [3.05, 3.63) is 134 Å². The van der Waals surface area contributed by atoms with Gasteiger partial charge in [-0.1, -0.05) is 66.2 Å². The van der Waals surface area contributed by atoms with Crippen molar-refractivity contribution < 1.29 is 21.6 Å². The number of sulfone groups is 1. The van der Waals surface area contributed by atoms with Gasteiger partial charge in [0.2, 0.25) is 9.84 Å². The van der Waals surface area contributed by atoms with Gasteiger partial charge in [0.15, 0.2) is 0 Å². The quantitative estimate of drug-likeness (QED) is 0.246. The molecule has 9 nitrogen and oxygen atoms in total. The Balaban J connectivity index is 1.52. The summed E-state index contributed by atoms with van der Waals surface area (Å²) in [5.74, 6) is -0.852. The van der Waals surface area contributed by atoms with E-state index < -0.39 is 31.3 Å². The zero-order valence-electron chi connectivity index (χ0n) is 23.4. The lowest BCUT2D eigenvalue weighted by atomic mass is 9.94. The number of sulfonamides is 1. The molecule has 0 aliphatic heterocycles. The van der Waals surface area contributed by atoms with Gasteiger partial charge in [-0.2, -0.15) is 0 Å². The minimum Gasteiger partial charge on any atom is -0.330 e. The molecule has 1 aliphatic carbocycles. The summed E-state index contributed by atoms with van der Waals surface area (Å²) < 4.78 is 57.2. The van der Waals surface area contributed by atoms with Crippen LogP contribution in [0.5, 0.6) is 0 Å². The summed E-state index contributed by atoms with van der Waals surface area (Å²) in [6, 6.07) is 24.4. The highest BCUT2D eigenvalue weighted by Gasteiger charge is 2.34. The van der Waals surface area contributed by atoms with E-state index in [0.29, 0.717) is 39.8 Å². The highest BCUT2D eigenvalue weighted by molar-refractivity contribution is 9.10. The Labute approximate surface area is 262 Å². The van der Waals surface area contributed by atoms with Crippen LogP contribution >= 0.6 is 15.9 Å². The SMILES string of the molecule is Cc1cccc(Cn2c(C(=O)NS(=O)(=O)c3ccccc3)c(Br)c3c2-c2[nH]c(=O)c(S(=O)(=O)c4ccccc4)cc2CC3)c1. The molecule has 12 heteroatoms. The van der Waals surface area contributed by atoms with E-state index in [1.165, 1.54) is 30.3 Å². The van der Waals surface area contributed by atoms with Crippen LogP contribution in [0.3, 0.4) is 0 Å². The molecule has 0 unspecified atom stereocenters. The van der Waals surface area contributed by atoms with E-state index in [1.54, 1.807) is 41.0 Å². The van der Waals surface area contributed by atoms with Crippen LogP contribution in [0.25, 0.3) is 11.4 Å². The Bertz CT molecular complexity index is 2210. The van der Waals surface area contributed by atoms with Gasteiger partial charge in [-0.15, -0.1) is 0 Å². The normalized spacial score (nSPS) is 12.8. The Hall–Kier alpha value is -4.26. The summed E-state index contributed by atoms with van der Waals surface area (Å²) in [5, 5.41) is 0. The van der Waals surface area contributed by atoms with Crippen LogP contribution in [0, 0.1) is 6.92 Å². The van der Waals surface area contributed by atoms with Gasteiger partial charge in [0.25, 0.3) is 21.5 Å². The van der Waals surface area contributed by atoms with Crippen molar-refractivity contribution in [2.45, 2.75) is 41.0 Å². The molecule has 2 aromatic heterocycles. The largest absolute Gasteiger partial charge is 0.330 e. The molecule has 0 bridgehead atoms. The summed E-state index contributed by atoms with van der Waals surface area (Å²) in [6.45, 7) is 2.11.